The molecule has 0 saturated heterocycles. The van der Waals surface area contributed by atoms with E-state index in [1.54, 1.807) is 30.3 Å². The fraction of sp³-hybridized carbons (Fsp3) is 0.286. The van der Waals surface area contributed by atoms with Gasteiger partial charge in [0.15, 0.2) is 5.78 Å². The molecule has 1 fully saturated rings. The van der Waals surface area contributed by atoms with Gasteiger partial charge in [0.1, 0.15) is 5.41 Å². The Morgan fingerprint density at radius 2 is 1.74 bits per heavy atom. The average Bonchev–Trinajstić information content (AvgIpc) is 3.44. The normalized spacial score (nSPS) is 14.3. The number of benzene rings is 2. The maximum Gasteiger partial charge on any atom is 0.240 e. The lowest BCUT2D eigenvalue weighted by molar-refractivity contribution is -0.134. The summed E-state index contributed by atoms with van der Waals surface area (Å²) in [6.45, 7) is 1.93. The zero-order chi connectivity index (χ0) is 19.4. The first kappa shape index (κ1) is 19.1. The number of amides is 2. The zero-order valence-corrected chi connectivity index (χ0v) is 15.8. The Hall–Kier alpha value is -2.66. The molecule has 2 aromatic carbocycles. The van der Waals surface area contributed by atoms with E-state index in [-0.39, 0.29) is 17.6 Å². The van der Waals surface area contributed by atoms with Crippen LogP contribution in [0.4, 0.5) is 5.69 Å². The van der Waals surface area contributed by atoms with Gasteiger partial charge in [0, 0.05) is 22.8 Å². The summed E-state index contributed by atoms with van der Waals surface area (Å²) in [7, 11) is 0. The Bertz CT molecular complexity index is 873. The van der Waals surface area contributed by atoms with Gasteiger partial charge in [-0.15, -0.1) is 0 Å². The molecule has 0 heterocycles. The maximum atomic E-state index is 12.6. The van der Waals surface area contributed by atoms with Crippen molar-refractivity contribution in [2.24, 2.45) is 5.41 Å². The number of carbonyl (C=O) groups excluding carboxylic acids is 3. The van der Waals surface area contributed by atoms with Crippen LogP contribution < -0.4 is 10.6 Å². The summed E-state index contributed by atoms with van der Waals surface area (Å²) in [5.41, 5.74) is 1.19. The molecule has 6 heteroatoms. The monoisotopic (exact) mass is 384 g/mol. The van der Waals surface area contributed by atoms with Gasteiger partial charge in [-0.05, 0) is 68.1 Å². The van der Waals surface area contributed by atoms with Gasteiger partial charge in [-0.2, -0.15) is 0 Å². The van der Waals surface area contributed by atoms with E-state index in [1.165, 1.54) is 6.92 Å². The molecule has 27 heavy (non-hydrogen) atoms. The number of carbonyl (C=O) groups is 3. The minimum Gasteiger partial charge on any atom is -0.355 e. The van der Waals surface area contributed by atoms with Crippen molar-refractivity contribution in [1.29, 1.82) is 0 Å². The van der Waals surface area contributed by atoms with Crippen LogP contribution in [0, 0.1) is 5.41 Å². The number of hydrogen-bond donors (Lipinski definition) is 2. The first-order chi connectivity index (χ1) is 12.9. The summed E-state index contributed by atoms with van der Waals surface area (Å²) in [6, 6.07) is 14.1. The minimum atomic E-state index is -0.992. The van der Waals surface area contributed by atoms with Gasteiger partial charge in [0.2, 0.25) is 11.8 Å². The summed E-state index contributed by atoms with van der Waals surface area (Å²) in [6.07, 6.45) is 1.72. The Balaban J connectivity index is 1.54. The number of ketones is 1. The van der Waals surface area contributed by atoms with Crippen molar-refractivity contribution in [3.8, 4) is 0 Å². The molecule has 0 bridgehead atoms. The van der Waals surface area contributed by atoms with Crippen molar-refractivity contribution in [2.75, 3.05) is 11.9 Å². The molecule has 2 amide bonds. The number of hydrogen-bond acceptors (Lipinski definition) is 3. The average molecular weight is 385 g/mol. The lowest BCUT2D eigenvalue weighted by atomic mass is 10.0. The summed E-state index contributed by atoms with van der Waals surface area (Å²) >= 11 is 5.96. The second-order valence-corrected chi connectivity index (χ2v) is 7.24. The second kappa shape index (κ2) is 7.92. The van der Waals surface area contributed by atoms with Crippen LogP contribution in [0.5, 0.6) is 0 Å². The SMILES string of the molecule is CC(=O)c1ccc(NC(=O)C2(C(=O)NCCc3cccc(Cl)c3)CC2)cc1. The lowest BCUT2D eigenvalue weighted by Gasteiger charge is -2.15. The third kappa shape index (κ3) is 4.55. The van der Waals surface area contributed by atoms with Crippen molar-refractivity contribution in [3.05, 3.63) is 64.7 Å². The van der Waals surface area contributed by atoms with Crippen LogP contribution in [0.1, 0.15) is 35.7 Å². The van der Waals surface area contributed by atoms with Crippen LogP contribution in [-0.4, -0.2) is 24.1 Å². The molecule has 0 atom stereocenters. The van der Waals surface area contributed by atoms with Gasteiger partial charge in [-0.1, -0.05) is 23.7 Å². The Labute approximate surface area is 163 Å². The molecule has 140 valence electrons. The Morgan fingerprint density at radius 1 is 1.04 bits per heavy atom. The Morgan fingerprint density at radius 3 is 2.33 bits per heavy atom. The molecule has 0 aromatic heterocycles. The van der Waals surface area contributed by atoms with Gasteiger partial charge >= 0.3 is 0 Å². The molecule has 3 rings (SSSR count). The van der Waals surface area contributed by atoms with E-state index in [0.717, 1.165) is 5.56 Å². The lowest BCUT2D eigenvalue weighted by Crippen LogP contribution is -2.40. The van der Waals surface area contributed by atoms with Crippen LogP contribution in [0.25, 0.3) is 0 Å². The molecule has 0 radical (unpaired) electrons. The highest BCUT2D eigenvalue weighted by molar-refractivity contribution is 6.30. The molecule has 1 saturated carbocycles. The quantitative estimate of drug-likeness (QED) is 0.565. The highest BCUT2D eigenvalue weighted by Gasteiger charge is 2.56. The summed E-state index contributed by atoms with van der Waals surface area (Å²) in [5.74, 6) is -0.591. The van der Waals surface area contributed by atoms with E-state index in [2.05, 4.69) is 10.6 Å². The predicted molar refractivity (Wildman–Crippen MR) is 105 cm³/mol. The largest absolute Gasteiger partial charge is 0.355 e. The Kier molecular flexibility index (Phi) is 5.61. The fourth-order valence-electron chi connectivity index (χ4n) is 2.90. The summed E-state index contributed by atoms with van der Waals surface area (Å²) in [4.78, 5) is 36.4. The molecule has 2 aromatic rings. The molecular formula is C21H21ClN2O3. The van der Waals surface area contributed by atoms with Crippen LogP contribution >= 0.6 is 11.6 Å². The van der Waals surface area contributed by atoms with Crippen LogP contribution in [-0.2, 0) is 16.0 Å². The second-order valence-electron chi connectivity index (χ2n) is 6.81. The molecule has 0 spiro atoms. The van der Waals surface area contributed by atoms with Crippen molar-refractivity contribution in [1.82, 2.24) is 5.32 Å². The first-order valence-corrected chi connectivity index (χ1v) is 9.24. The summed E-state index contributed by atoms with van der Waals surface area (Å²) in [5, 5.41) is 6.30. The highest BCUT2D eigenvalue weighted by atomic mass is 35.5. The van der Waals surface area contributed by atoms with E-state index in [0.29, 0.717) is 42.1 Å². The van der Waals surface area contributed by atoms with Crippen molar-refractivity contribution in [3.63, 3.8) is 0 Å². The molecule has 0 unspecified atom stereocenters. The number of Topliss-reactive ketones (excluding diaryl/α,β-unsaturated/α-hetero) is 1. The van der Waals surface area contributed by atoms with Crippen molar-refractivity contribution < 1.29 is 14.4 Å². The number of anilines is 1. The van der Waals surface area contributed by atoms with E-state index in [9.17, 15) is 14.4 Å². The number of rotatable bonds is 7. The molecule has 0 aliphatic heterocycles. The van der Waals surface area contributed by atoms with E-state index < -0.39 is 5.41 Å². The van der Waals surface area contributed by atoms with Crippen LogP contribution in [0.2, 0.25) is 5.02 Å². The van der Waals surface area contributed by atoms with Crippen LogP contribution in [0.3, 0.4) is 0 Å². The molecule has 5 nitrogen and oxygen atoms in total. The smallest absolute Gasteiger partial charge is 0.240 e. The van der Waals surface area contributed by atoms with E-state index in [1.807, 2.05) is 18.2 Å². The third-order valence-electron chi connectivity index (χ3n) is 4.76. The van der Waals surface area contributed by atoms with Gasteiger partial charge in [-0.25, -0.2) is 0 Å². The zero-order valence-electron chi connectivity index (χ0n) is 15.0. The molecule has 1 aliphatic carbocycles. The maximum absolute atomic E-state index is 12.6. The number of nitrogens with one attached hydrogen (secondary N) is 2. The van der Waals surface area contributed by atoms with Crippen molar-refractivity contribution in [2.45, 2.75) is 26.2 Å². The third-order valence-corrected chi connectivity index (χ3v) is 4.99. The fourth-order valence-corrected chi connectivity index (χ4v) is 3.12. The standard InChI is InChI=1S/C21H21ClN2O3/c1-14(25)16-5-7-18(8-6-16)24-20(27)21(10-11-21)19(26)23-12-9-15-3-2-4-17(22)13-15/h2-8,13H,9-12H2,1H3,(H,23,26)(H,24,27). The van der Waals surface area contributed by atoms with Gasteiger partial charge < -0.3 is 10.6 Å². The van der Waals surface area contributed by atoms with E-state index in [4.69, 9.17) is 11.6 Å². The van der Waals surface area contributed by atoms with Gasteiger partial charge in [0.05, 0.1) is 0 Å². The summed E-state index contributed by atoms with van der Waals surface area (Å²) < 4.78 is 0. The molecule has 2 N–H and O–H groups in total. The van der Waals surface area contributed by atoms with Gasteiger partial charge in [-0.3, -0.25) is 14.4 Å². The van der Waals surface area contributed by atoms with E-state index >= 15 is 0 Å². The van der Waals surface area contributed by atoms with Crippen molar-refractivity contribution >= 4 is 34.9 Å². The topological polar surface area (TPSA) is 75.3 Å². The first-order valence-electron chi connectivity index (χ1n) is 8.86. The van der Waals surface area contributed by atoms with Gasteiger partial charge in [0.25, 0.3) is 0 Å². The number of halogens is 1. The highest BCUT2D eigenvalue weighted by Crippen LogP contribution is 2.46. The molecule has 1 aliphatic rings. The predicted octanol–water partition coefficient (Wildman–Crippen LogP) is 3.62. The van der Waals surface area contributed by atoms with Crippen LogP contribution in [0.15, 0.2) is 48.5 Å². The molecular weight excluding hydrogens is 364 g/mol. The minimum absolute atomic E-state index is 0.0365.